The first kappa shape index (κ1) is 17.4. The van der Waals surface area contributed by atoms with Crippen LogP contribution in [0.15, 0.2) is 34.0 Å². The van der Waals surface area contributed by atoms with Crippen molar-refractivity contribution in [3.63, 3.8) is 0 Å². The number of carbonyl (C=O) groups is 1. The quantitative estimate of drug-likeness (QED) is 0.499. The SMILES string of the molecule is COc1cc(SC)ccc1C(=O)OCc1nn2c(=O)cc(C)nc2s1. The van der Waals surface area contributed by atoms with Gasteiger partial charge in [0, 0.05) is 16.7 Å². The lowest BCUT2D eigenvalue weighted by molar-refractivity contribution is 0.0467. The zero-order valence-electron chi connectivity index (χ0n) is 13.8. The number of benzene rings is 1. The summed E-state index contributed by atoms with van der Waals surface area (Å²) >= 11 is 2.76. The molecule has 2 aromatic heterocycles. The molecule has 0 unspecified atom stereocenters. The normalized spacial score (nSPS) is 10.8. The van der Waals surface area contributed by atoms with Crippen molar-refractivity contribution in [1.82, 2.24) is 14.6 Å². The van der Waals surface area contributed by atoms with Crippen molar-refractivity contribution in [1.29, 1.82) is 0 Å². The number of fused-ring (bicyclic) bond motifs is 1. The highest BCUT2D eigenvalue weighted by Gasteiger charge is 2.16. The smallest absolute Gasteiger partial charge is 0.342 e. The molecule has 0 fully saturated rings. The molecule has 7 nitrogen and oxygen atoms in total. The largest absolute Gasteiger partial charge is 0.496 e. The molecular formula is C16H15N3O4S2. The molecule has 25 heavy (non-hydrogen) atoms. The number of aromatic nitrogens is 3. The van der Waals surface area contributed by atoms with Gasteiger partial charge in [0.25, 0.3) is 5.56 Å². The minimum absolute atomic E-state index is 0.0429. The number of aryl methyl sites for hydroxylation is 1. The number of carbonyl (C=O) groups excluding carboxylic acids is 1. The van der Waals surface area contributed by atoms with E-state index >= 15 is 0 Å². The van der Waals surface area contributed by atoms with Gasteiger partial charge < -0.3 is 9.47 Å². The van der Waals surface area contributed by atoms with Crippen molar-refractivity contribution in [2.45, 2.75) is 18.4 Å². The second-order valence-electron chi connectivity index (χ2n) is 5.07. The van der Waals surface area contributed by atoms with Gasteiger partial charge in [-0.25, -0.2) is 9.78 Å². The molecule has 0 bridgehead atoms. The fraction of sp³-hybridized carbons (Fsp3) is 0.250. The van der Waals surface area contributed by atoms with Crippen LogP contribution in [-0.2, 0) is 11.3 Å². The molecule has 3 rings (SSSR count). The van der Waals surface area contributed by atoms with Crippen LogP contribution in [0.5, 0.6) is 5.75 Å². The zero-order chi connectivity index (χ0) is 18.0. The van der Waals surface area contributed by atoms with Crippen LogP contribution in [0.4, 0.5) is 0 Å². The minimum atomic E-state index is -0.514. The summed E-state index contributed by atoms with van der Waals surface area (Å²) < 4.78 is 11.8. The second-order valence-corrected chi connectivity index (χ2v) is 6.99. The third-order valence-corrected chi connectivity index (χ3v) is 4.98. The van der Waals surface area contributed by atoms with Crippen LogP contribution in [0.1, 0.15) is 21.1 Å². The second kappa shape index (κ2) is 7.24. The monoisotopic (exact) mass is 377 g/mol. The molecule has 130 valence electrons. The van der Waals surface area contributed by atoms with Crippen LogP contribution >= 0.6 is 23.1 Å². The Balaban J connectivity index is 1.79. The fourth-order valence-corrected chi connectivity index (χ4v) is 3.48. The number of nitrogens with zero attached hydrogens (tertiary/aromatic N) is 3. The van der Waals surface area contributed by atoms with Crippen molar-refractivity contribution < 1.29 is 14.3 Å². The van der Waals surface area contributed by atoms with E-state index in [4.69, 9.17) is 9.47 Å². The first-order chi connectivity index (χ1) is 12.0. The van der Waals surface area contributed by atoms with Gasteiger partial charge in [-0.15, -0.1) is 11.8 Å². The van der Waals surface area contributed by atoms with Gasteiger partial charge in [-0.05, 0) is 31.4 Å². The zero-order valence-corrected chi connectivity index (χ0v) is 15.4. The van der Waals surface area contributed by atoms with E-state index in [0.717, 1.165) is 4.90 Å². The van der Waals surface area contributed by atoms with E-state index in [1.807, 2.05) is 12.3 Å². The van der Waals surface area contributed by atoms with Crippen molar-refractivity contribution in [2.75, 3.05) is 13.4 Å². The highest BCUT2D eigenvalue weighted by Crippen LogP contribution is 2.26. The van der Waals surface area contributed by atoms with Gasteiger partial charge in [0.2, 0.25) is 4.96 Å². The maximum atomic E-state index is 12.3. The number of rotatable bonds is 5. The summed E-state index contributed by atoms with van der Waals surface area (Å²) in [5, 5.41) is 4.63. The van der Waals surface area contributed by atoms with Gasteiger partial charge in [0.1, 0.15) is 17.9 Å². The van der Waals surface area contributed by atoms with E-state index in [2.05, 4.69) is 10.1 Å². The third-order valence-electron chi connectivity index (χ3n) is 3.37. The number of hydrogen-bond acceptors (Lipinski definition) is 8. The molecule has 0 aliphatic rings. The molecule has 9 heteroatoms. The van der Waals surface area contributed by atoms with E-state index in [-0.39, 0.29) is 12.2 Å². The van der Waals surface area contributed by atoms with E-state index < -0.39 is 5.97 Å². The van der Waals surface area contributed by atoms with Gasteiger partial charge in [-0.1, -0.05) is 11.3 Å². The average Bonchev–Trinajstić information content (AvgIpc) is 3.02. The Morgan fingerprint density at radius 2 is 2.16 bits per heavy atom. The molecule has 0 amide bonds. The van der Waals surface area contributed by atoms with E-state index in [9.17, 15) is 9.59 Å². The molecule has 0 aliphatic heterocycles. The Morgan fingerprint density at radius 1 is 1.36 bits per heavy atom. The molecule has 0 aliphatic carbocycles. The van der Waals surface area contributed by atoms with Crippen LogP contribution in [0.3, 0.4) is 0 Å². The fourth-order valence-electron chi connectivity index (χ4n) is 2.19. The average molecular weight is 377 g/mol. The minimum Gasteiger partial charge on any atom is -0.496 e. The van der Waals surface area contributed by atoms with Crippen LogP contribution in [0, 0.1) is 6.92 Å². The lowest BCUT2D eigenvalue weighted by Gasteiger charge is -2.09. The number of methoxy groups -OCH3 is 1. The van der Waals surface area contributed by atoms with Crippen molar-refractivity contribution >= 4 is 34.0 Å². The summed E-state index contributed by atoms with van der Waals surface area (Å²) in [4.78, 5) is 29.9. The van der Waals surface area contributed by atoms with Gasteiger partial charge >= 0.3 is 5.97 Å². The Bertz CT molecular complexity index is 997. The van der Waals surface area contributed by atoms with Crippen LogP contribution in [-0.4, -0.2) is 33.9 Å². The highest BCUT2D eigenvalue weighted by atomic mass is 32.2. The predicted molar refractivity (Wildman–Crippen MR) is 95.8 cm³/mol. The maximum Gasteiger partial charge on any atom is 0.342 e. The molecule has 1 aromatic carbocycles. The number of hydrogen-bond donors (Lipinski definition) is 0. The Morgan fingerprint density at radius 3 is 2.88 bits per heavy atom. The summed E-state index contributed by atoms with van der Waals surface area (Å²) in [6, 6.07) is 6.68. The third kappa shape index (κ3) is 3.67. The lowest BCUT2D eigenvalue weighted by atomic mass is 10.2. The lowest BCUT2D eigenvalue weighted by Crippen LogP contribution is -2.14. The van der Waals surface area contributed by atoms with Crippen LogP contribution in [0.2, 0.25) is 0 Å². The summed E-state index contributed by atoms with van der Waals surface area (Å²) in [7, 11) is 1.50. The summed E-state index contributed by atoms with van der Waals surface area (Å²) in [6.07, 6.45) is 1.94. The van der Waals surface area contributed by atoms with Gasteiger partial charge in [0.05, 0.1) is 7.11 Å². The summed E-state index contributed by atoms with van der Waals surface area (Å²) in [5.74, 6) is -0.0603. The summed E-state index contributed by atoms with van der Waals surface area (Å²) in [5.41, 5.74) is 0.703. The molecule has 0 atom stereocenters. The summed E-state index contributed by atoms with van der Waals surface area (Å²) in [6.45, 7) is 1.70. The number of ether oxygens (including phenoxy) is 2. The Labute approximate surface area is 151 Å². The van der Waals surface area contributed by atoms with Crippen molar-refractivity contribution in [3.8, 4) is 5.75 Å². The predicted octanol–water partition coefficient (Wildman–Crippen LogP) is 2.55. The van der Waals surface area contributed by atoms with Crippen LogP contribution in [0.25, 0.3) is 4.96 Å². The molecule has 2 heterocycles. The van der Waals surface area contributed by atoms with Crippen molar-refractivity contribution in [2.24, 2.45) is 0 Å². The Kier molecular flexibility index (Phi) is 5.05. The molecular weight excluding hydrogens is 362 g/mol. The molecule has 0 saturated carbocycles. The highest BCUT2D eigenvalue weighted by molar-refractivity contribution is 7.98. The van der Waals surface area contributed by atoms with E-state index in [1.54, 1.807) is 30.8 Å². The molecule has 0 radical (unpaired) electrons. The molecule has 0 spiro atoms. The Hall–Kier alpha value is -2.39. The van der Waals surface area contributed by atoms with Crippen LogP contribution < -0.4 is 10.3 Å². The standard InChI is InChI=1S/C16H15N3O4S2/c1-9-6-14(20)19-16(17-9)25-13(18-19)8-23-15(21)11-5-4-10(24-3)7-12(11)22-2/h4-7H,8H2,1-3H3. The van der Waals surface area contributed by atoms with Gasteiger partial charge in [-0.2, -0.15) is 9.61 Å². The first-order valence-corrected chi connectivity index (χ1v) is 9.31. The van der Waals surface area contributed by atoms with E-state index in [1.165, 1.54) is 29.0 Å². The van der Waals surface area contributed by atoms with Gasteiger partial charge in [-0.3, -0.25) is 4.79 Å². The molecule has 0 N–H and O–H groups in total. The van der Waals surface area contributed by atoms with Gasteiger partial charge in [0.15, 0.2) is 5.01 Å². The number of esters is 1. The van der Waals surface area contributed by atoms with Crippen molar-refractivity contribution in [3.05, 3.63) is 50.9 Å². The molecule has 0 saturated heterocycles. The van der Waals surface area contributed by atoms with E-state index in [0.29, 0.717) is 27.0 Å². The molecule has 3 aromatic rings. The first-order valence-electron chi connectivity index (χ1n) is 7.27. The number of thioether (sulfide) groups is 1. The maximum absolute atomic E-state index is 12.3. The topological polar surface area (TPSA) is 82.8 Å².